The molecule has 1 aliphatic rings. The highest BCUT2D eigenvalue weighted by Crippen LogP contribution is 2.17. The molecule has 3 nitrogen and oxygen atoms in total. The largest absolute Gasteiger partial charge is 0.270 e. The number of imide groups is 1. The molecular formula is C10H19NO2. The van der Waals surface area contributed by atoms with Gasteiger partial charge in [0, 0.05) is 17.7 Å². The molecule has 13 heavy (non-hydrogen) atoms. The third kappa shape index (κ3) is 2.68. The molecule has 0 aliphatic carbocycles. The van der Waals surface area contributed by atoms with E-state index < -0.39 is 5.54 Å². The summed E-state index contributed by atoms with van der Waals surface area (Å²) in [6.07, 6.45) is 2.60. The third-order valence-corrected chi connectivity index (χ3v) is 1.48. The number of nitrogens with zero attached hydrogens (tertiary/aromatic N) is 1. The summed E-state index contributed by atoms with van der Waals surface area (Å²) in [6, 6.07) is 0. The zero-order valence-corrected chi connectivity index (χ0v) is 6.92. The molecule has 0 bridgehead atoms. The highest BCUT2D eigenvalue weighted by molar-refractivity contribution is 6.13. The number of amides is 2. The Bertz CT molecular complexity index is 218. The average molecular weight is 185 g/mol. The number of carbonyl (C=O) groups is 2. The average Bonchev–Trinajstić information content (AvgIpc) is 2.08. The molecule has 0 spiro atoms. The third-order valence-electron chi connectivity index (χ3n) is 1.48. The van der Waals surface area contributed by atoms with E-state index in [1.165, 1.54) is 17.1 Å². The van der Waals surface area contributed by atoms with Gasteiger partial charge in [0.25, 0.3) is 11.8 Å². The molecule has 1 rings (SSSR count). The summed E-state index contributed by atoms with van der Waals surface area (Å²) >= 11 is 0. The Kier molecular flexibility index (Phi) is 4.67. The Morgan fingerprint density at radius 1 is 1.00 bits per heavy atom. The summed E-state index contributed by atoms with van der Waals surface area (Å²) in [4.78, 5) is 23.3. The monoisotopic (exact) mass is 185 g/mol. The summed E-state index contributed by atoms with van der Waals surface area (Å²) in [6.45, 7) is 5.49. The van der Waals surface area contributed by atoms with Crippen molar-refractivity contribution in [1.29, 1.82) is 0 Å². The van der Waals surface area contributed by atoms with Crippen LogP contribution in [-0.2, 0) is 9.59 Å². The van der Waals surface area contributed by atoms with Crippen molar-refractivity contribution >= 4 is 11.8 Å². The highest BCUT2D eigenvalue weighted by atomic mass is 16.2. The molecule has 0 atom stereocenters. The predicted octanol–water partition coefficient (Wildman–Crippen LogP) is 1.98. The maximum atomic E-state index is 11.0. The molecule has 0 aromatic carbocycles. The van der Waals surface area contributed by atoms with Crippen molar-refractivity contribution in [3.63, 3.8) is 0 Å². The van der Waals surface area contributed by atoms with Crippen molar-refractivity contribution in [1.82, 2.24) is 4.90 Å². The standard InChI is InChI=1S/C8H11NO2.2CH4/c1-8(2,3)9-6(10)4-5-7(9)11;;/h4-5H,1-3H3;2*1H4. The lowest BCUT2D eigenvalue weighted by Gasteiger charge is -2.29. The first kappa shape index (κ1) is 14.4. The second-order valence-electron chi connectivity index (χ2n) is 3.52. The molecule has 0 aromatic rings. The van der Waals surface area contributed by atoms with Crippen LogP contribution in [0.4, 0.5) is 0 Å². The van der Waals surface area contributed by atoms with Gasteiger partial charge in [0.05, 0.1) is 0 Å². The van der Waals surface area contributed by atoms with E-state index in [2.05, 4.69) is 0 Å². The zero-order chi connectivity index (χ0) is 8.65. The van der Waals surface area contributed by atoms with Crippen LogP contribution in [0.3, 0.4) is 0 Å². The number of rotatable bonds is 0. The Balaban J connectivity index is 0. The fraction of sp³-hybridized carbons (Fsp3) is 0.600. The van der Waals surface area contributed by atoms with Gasteiger partial charge in [-0.15, -0.1) is 0 Å². The van der Waals surface area contributed by atoms with Crippen LogP contribution in [-0.4, -0.2) is 22.3 Å². The summed E-state index contributed by atoms with van der Waals surface area (Å²) in [5, 5.41) is 0. The summed E-state index contributed by atoms with van der Waals surface area (Å²) in [5.41, 5.74) is -0.405. The fourth-order valence-corrected chi connectivity index (χ4v) is 1.06. The molecule has 0 aromatic heterocycles. The SMILES string of the molecule is C.C.CC(C)(C)N1C(=O)C=CC1=O. The zero-order valence-electron chi connectivity index (χ0n) is 6.92. The van der Waals surface area contributed by atoms with Crippen LogP contribution in [0.25, 0.3) is 0 Å². The van der Waals surface area contributed by atoms with E-state index >= 15 is 0 Å². The molecule has 3 heteroatoms. The Morgan fingerprint density at radius 3 is 1.46 bits per heavy atom. The maximum absolute atomic E-state index is 11.0. The quantitative estimate of drug-likeness (QED) is 0.541. The van der Waals surface area contributed by atoms with Crippen LogP contribution >= 0.6 is 0 Å². The molecule has 76 valence electrons. The summed E-state index contributed by atoms with van der Waals surface area (Å²) < 4.78 is 0. The van der Waals surface area contributed by atoms with Gasteiger partial charge in [-0.25, -0.2) is 0 Å². The van der Waals surface area contributed by atoms with Gasteiger partial charge in [0.2, 0.25) is 0 Å². The van der Waals surface area contributed by atoms with Crippen molar-refractivity contribution in [2.45, 2.75) is 41.2 Å². The van der Waals surface area contributed by atoms with Gasteiger partial charge in [0.1, 0.15) is 0 Å². The minimum absolute atomic E-state index is 0. The Morgan fingerprint density at radius 2 is 1.31 bits per heavy atom. The van der Waals surface area contributed by atoms with E-state index in [-0.39, 0.29) is 26.7 Å². The summed E-state index contributed by atoms with van der Waals surface area (Å²) in [5.74, 6) is -0.440. The van der Waals surface area contributed by atoms with E-state index in [1.54, 1.807) is 0 Å². The smallest absolute Gasteiger partial charge is 0.254 e. The molecule has 1 heterocycles. The van der Waals surface area contributed by atoms with Gasteiger partial charge in [-0.1, -0.05) is 14.9 Å². The lowest BCUT2D eigenvalue weighted by molar-refractivity contribution is -0.142. The van der Waals surface area contributed by atoms with E-state index in [1.807, 2.05) is 20.8 Å². The van der Waals surface area contributed by atoms with Gasteiger partial charge in [-0.2, -0.15) is 0 Å². The van der Waals surface area contributed by atoms with Crippen LogP contribution in [0.5, 0.6) is 0 Å². The lowest BCUT2D eigenvalue weighted by atomic mass is 10.1. The minimum atomic E-state index is -0.405. The highest BCUT2D eigenvalue weighted by Gasteiger charge is 2.33. The lowest BCUT2D eigenvalue weighted by Crippen LogP contribution is -2.45. The summed E-state index contributed by atoms with van der Waals surface area (Å²) in [7, 11) is 0. The molecule has 0 unspecified atom stereocenters. The van der Waals surface area contributed by atoms with Crippen LogP contribution in [0.1, 0.15) is 35.6 Å². The Labute approximate surface area is 80.4 Å². The second kappa shape index (κ2) is 4.21. The van der Waals surface area contributed by atoms with E-state index in [0.717, 1.165) is 0 Å². The van der Waals surface area contributed by atoms with Gasteiger partial charge in [-0.05, 0) is 20.8 Å². The van der Waals surface area contributed by atoms with Gasteiger partial charge < -0.3 is 0 Å². The van der Waals surface area contributed by atoms with E-state index in [0.29, 0.717) is 0 Å². The first-order valence-corrected chi connectivity index (χ1v) is 3.49. The molecule has 0 fully saturated rings. The van der Waals surface area contributed by atoms with Gasteiger partial charge in [-0.3, -0.25) is 14.5 Å². The molecule has 0 radical (unpaired) electrons. The van der Waals surface area contributed by atoms with Crippen molar-refractivity contribution in [2.75, 3.05) is 0 Å². The van der Waals surface area contributed by atoms with Crippen molar-refractivity contribution in [2.24, 2.45) is 0 Å². The topological polar surface area (TPSA) is 37.4 Å². The van der Waals surface area contributed by atoms with Gasteiger partial charge >= 0.3 is 0 Å². The second-order valence-corrected chi connectivity index (χ2v) is 3.52. The first-order chi connectivity index (χ1) is 4.93. The number of hydrogen-bond donors (Lipinski definition) is 0. The van der Waals surface area contributed by atoms with Crippen LogP contribution in [0.15, 0.2) is 12.2 Å². The number of carbonyl (C=O) groups excluding carboxylic acids is 2. The predicted molar refractivity (Wildman–Crippen MR) is 54.2 cm³/mol. The molecule has 0 saturated carbocycles. The maximum Gasteiger partial charge on any atom is 0.254 e. The Hall–Kier alpha value is -1.12. The van der Waals surface area contributed by atoms with Crippen molar-refractivity contribution in [3.05, 3.63) is 12.2 Å². The van der Waals surface area contributed by atoms with Gasteiger partial charge in [0.15, 0.2) is 0 Å². The number of hydrogen-bond acceptors (Lipinski definition) is 2. The van der Waals surface area contributed by atoms with Crippen LogP contribution in [0, 0.1) is 0 Å². The molecule has 2 amide bonds. The first-order valence-electron chi connectivity index (χ1n) is 3.49. The molecular weight excluding hydrogens is 166 g/mol. The van der Waals surface area contributed by atoms with Crippen molar-refractivity contribution < 1.29 is 9.59 Å². The molecule has 1 aliphatic heterocycles. The van der Waals surface area contributed by atoms with E-state index in [9.17, 15) is 9.59 Å². The van der Waals surface area contributed by atoms with Crippen LogP contribution < -0.4 is 0 Å². The molecule has 0 saturated heterocycles. The van der Waals surface area contributed by atoms with Crippen molar-refractivity contribution in [3.8, 4) is 0 Å². The van der Waals surface area contributed by atoms with Crippen LogP contribution in [0.2, 0.25) is 0 Å². The van der Waals surface area contributed by atoms with E-state index in [4.69, 9.17) is 0 Å². The minimum Gasteiger partial charge on any atom is -0.270 e. The fourth-order valence-electron chi connectivity index (χ4n) is 1.06. The molecule has 0 N–H and O–H groups in total. The normalized spacial score (nSPS) is 15.5.